The van der Waals surface area contributed by atoms with Gasteiger partial charge in [-0.05, 0) is 11.4 Å². The summed E-state index contributed by atoms with van der Waals surface area (Å²) in [5, 5.41) is 11.0. The number of carbonyl (C=O) groups excluding carboxylic acids is 1. The van der Waals surface area contributed by atoms with Crippen molar-refractivity contribution in [3.63, 3.8) is 0 Å². The second kappa shape index (κ2) is 8.34. The Morgan fingerprint density at radius 1 is 1.72 bits per heavy atom. The van der Waals surface area contributed by atoms with Crippen LogP contribution in [0, 0.1) is 0 Å². The van der Waals surface area contributed by atoms with Gasteiger partial charge in [0, 0.05) is 16.7 Å². The fourth-order valence-corrected chi connectivity index (χ4v) is 2.79. The Balaban J connectivity index is 2.49. The molecule has 1 N–H and O–H groups in total. The van der Waals surface area contributed by atoms with Crippen molar-refractivity contribution in [2.24, 2.45) is 0 Å². The van der Waals surface area contributed by atoms with Gasteiger partial charge in [0.25, 0.3) is 0 Å². The van der Waals surface area contributed by atoms with E-state index >= 15 is 0 Å². The van der Waals surface area contributed by atoms with Crippen LogP contribution in [-0.2, 0) is 11.3 Å². The van der Waals surface area contributed by atoms with Crippen LogP contribution in [0.25, 0.3) is 0 Å². The molecule has 5 heteroatoms. The zero-order valence-electron chi connectivity index (χ0n) is 10.5. The predicted octanol–water partition coefficient (Wildman–Crippen LogP) is 2.38. The maximum atomic E-state index is 12.1. The Labute approximate surface area is 117 Å². The second-order valence-electron chi connectivity index (χ2n) is 3.95. The van der Waals surface area contributed by atoms with Gasteiger partial charge in [-0.25, -0.2) is 0 Å². The highest BCUT2D eigenvalue weighted by atomic mass is 32.2. The van der Waals surface area contributed by atoms with Crippen LogP contribution in [0.15, 0.2) is 30.2 Å². The summed E-state index contributed by atoms with van der Waals surface area (Å²) >= 11 is 3.13. The summed E-state index contributed by atoms with van der Waals surface area (Å²) in [6.07, 6.45) is 1.74. The molecule has 0 radical (unpaired) electrons. The summed E-state index contributed by atoms with van der Waals surface area (Å²) in [5.74, 6) is 0.495. The lowest BCUT2D eigenvalue weighted by Crippen LogP contribution is -2.32. The van der Waals surface area contributed by atoms with Gasteiger partial charge in [-0.15, -0.1) is 29.7 Å². The molecule has 0 saturated heterocycles. The van der Waals surface area contributed by atoms with Crippen molar-refractivity contribution in [3.05, 3.63) is 35.0 Å². The van der Waals surface area contributed by atoms with Crippen LogP contribution < -0.4 is 0 Å². The second-order valence-corrected chi connectivity index (χ2v) is 6.41. The van der Waals surface area contributed by atoms with Gasteiger partial charge < -0.3 is 10.0 Å². The van der Waals surface area contributed by atoms with Gasteiger partial charge in [0.2, 0.25) is 5.91 Å². The zero-order valence-corrected chi connectivity index (χ0v) is 12.2. The van der Waals surface area contributed by atoms with Crippen molar-refractivity contribution in [3.8, 4) is 0 Å². The van der Waals surface area contributed by atoms with Gasteiger partial charge >= 0.3 is 0 Å². The van der Waals surface area contributed by atoms with Gasteiger partial charge in [-0.1, -0.05) is 19.1 Å². The normalized spacial score (nSPS) is 12.1. The molecule has 0 aliphatic heterocycles. The van der Waals surface area contributed by atoms with E-state index in [-0.39, 0.29) is 17.8 Å². The summed E-state index contributed by atoms with van der Waals surface area (Å²) < 4.78 is 0. The van der Waals surface area contributed by atoms with Crippen LogP contribution in [0.2, 0.25) is 0 Å². The minimum absolute atomic E-state index is 0.0913. The number of amides is 1. The van der Waals surface area contributed by atoms with E-state index in [1.807, 2.05) is 24.4 Å². The lowest BCUT2D eigenvalue weighted by molar-refractivity contribution is -0.128. The first kappa shape index (κ1) is 15.3. The fourth-order valence-electron chi connectivity index (χ4n) is 1.36. The largest absolute Gasteiger partial charge is 0.395 e. The van der Waals surface area contributed by atoms with Crippen LogP contribution in [0.1, 0.15) is 11.8 Å². The van der Waals surface area contributed by atoms with Crippen LogP contribution in [0.5, 0.6) is 0 Å². The number of hydrogen-bond acceptors (Lipinski definition) is 4. The molecule has 1 aromatic heterocycles. The summed E-state index contributed by atoms with van der Waals surface area (Å²) in [5.41, 5.74) is 0. The third kappa shape index (κ3) is 5.25. The molecular weight excluding hydrogens is 266 g/mol. The molecule has 3 nitrogen and oxygen atoms in total. The van der Waals surface area contributed by atoms with E-state index in [1.165, 1.54) is 16.6 Å². The van der Waals surface area contributed by atoms with Gasteiger partial charge in [-0.3, -0.25) is 4.79 Å². The van der Waals surface area contributed by atoms with Crippen molar-refractivity contribution >= 4 is 29.0 Å². The van der Waals surface area contributed by atoms with Crippen molar-refractivity contribution < 1.29 is 9.90 Å². The van der Waals surface area contributed by atoms with E-state index in [0.717, 1.165) is 0 Å². The minimum Gasteiger partial charge on any atom is -0.395 e. The van der Waals surface area contributed by atoms with Crippen molar-refractivity contribution in [2.75, 3.05) is 18.9 Å². The summed E-state index contributed by atoms with van der Waals surface area (Å²) in [6, 6.07) is 4.01. The van der Waals surface area contributed by atoms with Crippen LogP contribution in [0.4, 0.5) is 0 Å². The quantitative estimate of drug-likeness (QED) is 0.746. The lowest BCUT2D eigenvalue weighted by Gasteiger charge is -2.21. The molecular formula is C13H19NO2S2. The number of hydrogen-bond donors (Lipinski definition) is 1. The van der Waals surface area contributed by atoms with Crippen molar-refractivity contribution in [2.45, 2.75) is 18.7 Å². The standard InChI is InChI=1S/C13H19NO2S2/c1-3-6-14(8-12-5-4-7-17-12)13(16)10-18-11(2)9-15/h3-5,7,11,15H,1,6,8-10H2,2H3. The third-order valence-corrected chi connectivity index (χ3v) is 4.37. The molecule has 0 saturated carbocycles. The summed E-state index contributed by atoms with van der Waals surface area (Å²) in [4.78, 5) is 15.0. The molecule has 1 unspecified atom stereocenters. The van der Waals surface area contributed by atoms with Gasteiger partial charge in [0.05, 0.1) is 18.9 Å². The van der Waals surface area contributed by atoms with Gasteiger partial charge in [0.15, 0.2) is 0 Å². The predicted molar refractivity (Wildman–Crippen MR) is 78.9 cm³/mol. The van der Waals surface area contributed by atoms with Crippen molar-refractivity contribution in [1.82, 2.24) is 4.90 Å². The van der Waals surface area contributed by atoms with Crippen LogP contribution in [0.3, 0.4) is 0 Å². The molecule has 1 aromatic rings. The van der Waals surface area contributed by atoms with E-state index < -0.39 is 0 Å². The van der Waals surface area contributed by atoms with E-state index in [2.05, 4.69) is 6.58 Å². The lowest BCUT2D eigenvalue weighted by atomic mass is 10.4. The molecule has 0 aliphatic rings. The molecule has 1 rings (SSSR count). The first-order valence-electron chi connectivity index (χ1n) is 5.81. The number of aliphatic hydroxyl groups excluding tert-OH is 1. The number of thioether (sulfide) groups is 1. The topological polar surface area (TPSA) is 40.5 Å². The van der Waals surface area contributed by atoms with E-state index in [1.54, 1.807) is 22.3 Å². The Kier molecular flexibility index (Phi) is 7.08. The highest BCUT2D eigenvalue weighted by Crippen LogP contribution is 2.15. The number of nitrogens with zero attached hydrogens (tertiary/aromatic N) is 1. The van der Waals surface area contributed by atoms with E-state index in [9.17, 15) is 4.79 Å². The summed E-state index contributed by atoms with van der Waals surface area (Å²) in [6.45, 7) is 6.90. The molecule has 0 fully saturated rings. The van der Waals surface area contributed by atoms with Crippen molar-refractivity contribution in [1.29, 1.82) is 0 Å². The number of carbonyl (C=O) groups is 1. The monoisotopic (exact) mass is 285 g/mol. The van der Waals surface area contributed by atoms with Gasteiger partial charge in [0.1, 0.15) is 0 Å². The molecule has 18 heavy (non-hydrogen) atoms. The molecule has 0 bridgehead atoms. The smallest absolute Gasteiger partial charge is 0.233 e. The molecule has 100 valence electrons. The molecule has 0 aliphatic carbocycles. The molecule has 0 spiro atoms. The highest BCUT2D eigenvalue weighted by molar-refractivity contribution is 8.00. The molecule has 0 aromatic carbocycles. The van der Waals surface area contributed by atoms with Crippen LogP contribution in [-0.4, -0.2) is 40.1 Å². The number of rotatable bonds is 8. The number of aliphatic hydroxyl groups is 1. The molecule has 1 heterocycles. The SMILES string of the molecule is C=CCN(Cc1cccs1)C(=O)CSC(C)CO. The zero-order chi connectivity index (χ0) is 13.4. The maximum Gasteiger partial charge on any atom is 0.233 e. The highest BCUT2D eigenvalue weighted by Gasteiger charge is 2.14. The summed E-state index contributed by atoms with van der Waals surface area (Å²) in [7, 11) is 0. The first-order chi connectivity index (χ1) is 8.67. The average Bonchev–Trinajstić information content (AvgIpc) is 2.87. The Hall–Kier alpha value is -0.780. The van der Waals surface area contributed by atoms with E-state index in [0.29, 0.717) is 18.8 Å². The van der Waals surface area contributed by atoms with E-state index in [4.69, 9.17) is 5.11 Å². The average molecular weight is 285 g/mol. The minimum atomic E-state index is 0.0913. The molecule has 1 atom stereocenters. The number of thiophene rings is 1. The fraction of sp³-hybridized carbons (Fsp3) is 0.462. The third-order valence-electron chi connectivity index (χ3n) is 2.38. The Bertz CT molecular complexity index is 365. The molecule has 1 amide bonds. The Morgan fingerprint density at radius 2 is 2.50 bits per heavy atom. The Morgan fingerprint density at radius 3 is 3.06 bits per heavy atom. The maximum absolute atomic E-state index is 12.1. The van der Waals surface area contributed by atoms with Crippen LogP contribution >= 0.6 is 23.1 Å². The van der Waals surface area contributed by atoms with Gasteiger partial charge in [-0.2, -0.15) is 0 Å². The first-order valence-corrected chi connectivity index (χ1v) is 7.73.